The summed E-state index contributed by atoms with van der Waals surface area (Å²) in [6.45, 7) is 5.45. The molecule has 6 heteroatoms. The summed E-state index contributed by atoms with van der Waals surface area (Å²) in [5.41, 5.74) is 0. The van der Waals surface area contributed by atoms with Gasteiger partial charge in [-0.3, -0.25) is 4.79 Å². The average molecular weight is 286 g/mol. The van der Waals surface area contributed by atoms with Crippen molar-refractivity contribution in [3.8, 4) is 0 Å². The first-order valence-electron chi connectivity index (χ1n) is 7.39. The molecular formula is C14H26N2O4. The van der Waals surface area contributed by atoms with Gasteiger partial charge in [-0.2, -0.15) is 0 Å². The molecule has 1 rings (SSSR count). The van der Waals surface area contributed by atoms with Crippen LogP contribution >= 0.6 is 0 Å². The van der Waals surface area contributed by atoms with Gasteiger partial charge in [-0.05, 0) is 32.1 Å². The number of amides is 2. The molecule has 2 amide bonds. The van der Waals surface area contributed by atoms with Crippen LogP contribution in [0.2, 0.25) is 0 Å². The molecule has 1 saturated heterocycles. The van der Waals surface area contributed by atoms with Crippen molar-refractivity contribution >= 4 is 12.0 Å². The van der Waals surface area contributed by atoms with Crippen molar-refractivity contribution in [1.29, 1.82) is 0 Å². The number of rotatable bonds is 7. The van der Waals surface area contributed by atoms with Crippen LogP contribution in [0.1, 0.15) is 46.0 Å². The highest BCUT2D eigenvalue weighted by Gasteiger charge is 2.23. The van der Waals surface area contributed by atoms with E-state index in [2.05, 4.69) is 10.6 Å². The number of carboxylic acid groups (broad SMARTS) is 1. The summed E-state index contributed by atoms with van der Waals surface area (Å²) in [5, 5.41) is 14.5. The Labute approximate surface area is 120 Å². The van der Waals surface area contributed by atoms with Crippen molar-refractivity contribution in [2.24, 2.45) is 5.92 Å². The minimum absolute atomic E-state index is 0.0348. The molecule has 1 fully saturated rings. The van der Waals surface area contributed by atoms with Crippen molar-refractivity contribution in [2.75, 3.05) is 13.2 Å². The number of hydrogen-bond donors (Lipinski definition) is 3. The molecule has 1 heterocycles. The summed E-state index contributed by atoms with van der Waals surface area (Å²) < 4.78 is 5.30. The SMILES string of the molecule is CCCC(CC(=O)O)NC(=O)NC(C)C1CCOCC1. The quantitative estimate of drug-likeness (QED) is 0.665. The van der Waals surface area contributed by atoms with E-state index in [0.717, 1.165) is 32.5 Å². The highest BCUT2D eigenvalue weighted by Crippen LogP contribution is 2.18. The van der Waals surface area contributed by atoms with Crippen molar-refractivity contribution in [3.05, 3.63) is 0 Å². The number of aliphatic carboxylic acids is 1. The fourth-order valence-corrected chi connectivity index (χ4v) is 2.55. The number of nitrogens with one attached hydrogen (secondary N) is 2. The van der Waals surface area contributed by atoms with Crippen LogP contribution in [0, 0.1) is 5.92 Å². The van der Waals surface area contributed by atoms with Crippen LogP contribution in [-0.2, 0) is 9.53 Å². The number of urea groups is 1. The Morgan fingerprint density at radius 1 is 1.30 bits per heavy atom. The van der Waals surface area contributed by atoms with Gasteiger partial charge in [-0.1, -0.05) is 13.3 Å². The molecule has 1 aliphatic heterocycles. The summed E-state index contributed by atoms with van der Waals surface area (Å²) >= 11 is 0. The second-order valence-electron chi connectivity index (χ2n) is 5.44. The van der Waals surface area contributed by atoms with E-state index in [0.29, 0.717) is 12.3 Å². The fourth-order valence-electron chi connectivity index (χ4n) is 2.55. The molecule has 1 aliphatic rings. The molecular weight excluding hydrogens is 260 g/mol. The van der Waals surface area contributed by atoms with E-state index < -0.39 is 5.97 Å². The smallest absolute Gasteiger partial charge is 0.315 e. The lowest BCUT2D eigenvalue weighted by Crippen LogP contribution is -2.48. The molecule has 0 aromatic rings. The molecule has 20 heavy (non-hydrogen) atoms. The molecule has 0 radical (unpaired) electrons. The van der Waals surface area contributed by atoms with Gasteiger partial charge in [0.1, 0.15) is 0 Å². The molecule has 116 valence electrons. The second kappa shape index (κ2) is 8.79. The average Bonchev–Trinajstić information content (AvgIpc) is 2.39. The maximum atomic E-state index is 11.9. The Kier molecular flexibility index (Phi) is 7.36. The number of hydrogen-bond acceptors (Lipinski definition) is 3. The zero-order chi connectivity index (χ0) is 15.0. The van der Waals surface area contributed by atoms with Crippen LogP contribution in [-0.4, -0.2) is 42.4 Å². The molecule has 0 spiro atoms. The Morgan fingerprint density at radius 3 is 2.50 bits per heavy atom. The zero-order valence-electron chi connectivity index (χ0n) is 12.4. The number of carboxylic acids is 1. The second-order valence-corrected chi connectivity index (χ2v) is 5.44. The van der Waals surface area contributed by atoms with Gasteiger partial charge in [-0.25, -0.2) is 4.79 Å². The molecule has 0 aromatic heterocycles. The van der Waals surface area contributed by atoms with Gasteiger partial charge in [0.2, 0.25) is 0 Å². The normalized spacial score (nSPS) is 19.1. The van der Waals surface area contributed by atoms with Gasteiger partial charge in [-0.15, -0.1) is 0 Å². The van der Waals surface area contributed by atoms with E-state index in [-0.39, 0.29) is 24.5 Å². The largest absolute Gasteiger partial charge is 0.481 e. The van der Waals surface area contributed by atoms with Gasteiger partial charge < -0.3 is 20.5 Å². The lowest BCUT2D eigenvalue weighted by molar-refractivity contribution is -0.137. The summed E-state index contributed by atoms with van der Waals surface area (Å²) in [6.07, 6.45) is 3.38. The first-order chi connectivity index (χ1) is 9.52. The lowest BCUT2D eigenvalue weighted by atomic mass is 9.93. The van der Waals surface area contributed by atoms with Crippen molar-refractivity contribution in [3.63, 3.8) is 0 Å². The third-order valence-electron chi connectivity index (χ3n) is 3.73. The van der Waals surface area contributed by atoms with E-state index >= 15 is 0 Å². The molecule has 0 bridgehead atoms. The summed E-state index contributed by atoms with van der Waals surface area (Å²) in [7, 11) is 0. The maximum Gasteiger partial charge on any atom is 0.315 e. The standard InChI is InChI=1S/C14H26N2O4/c1-3-4-12(9-13(17)18)16-14(19)15-10(2)11-5-7-20-8-6-11/h10-12H,3-9H2,1-2H3,(H,17,18)(H2,15,16,19). The Bertz CT molecular complexity index is 316. The van der Waals surface area contributed by atoms with E-state index in [1.807, 2.05) is 13.8 Å². The summed E-state index contributed by atoms with van der Waals surface area (Å²) in [4.78, 5) is 22.7. The zero-order valence-corrected chi connectivity index (χ0v) is 12.4. The molecule has 0 saturated carbocycles. The van der Waals surface area contributed by atoms with Gasteiger partial charge in [0.15, 0.2) is 0 Å². The van der Waals surface area contributed by atoms with E-state index in [4.69, 9.17) is 9.84 Å². The van der Waals surface area contributed by atoms with E-state index in [9.17, 15) is 9.59 Å². The summed E-state index contributed by atoms with van der Waals surface area (Å²) in [5.74, 6) is -0.458. The Balaban J connectivity index is 2.37. The van der Waals surface area contributed by atoms with Crippen molar-refractivity contribution in [2.45, 2.75) is 58.0 Å². The van der Waals surface area contributed by atoms with Crippen LogP contribution < -0.4 is 10.6 Å². The molecule has 0 aromatic carbocycles. The number of ether oxygens (including phenoxy) is 1. The first kappa shape index (κ1) is 16.8. The summed E-state index contributed by atoms with van der Waals surface area (Å²) in [6, 6.07) is -0.505. The van der Waals surface area contributed by atoms with Gasteiger partial charge >= 0.3 is 12.0 Å². The van der Waals surface area contributed by atoms with Crippen LogP contribution in [0.25, 0.3) is 0 Å². The molecule has 3 N–H and O–H groups in total. The van der Waals surface area contributed by atoms with Crippen LogP contribution in [0.3, 0.4) is 0 Å². The van der Waals surface area contributed by atoms with Crippen LogP contribution in [0.4, 0.5) is 4.79 Å². The van der Waals surface area contributed by atoms with Crippen molar-refractivity contribution in [1.82, 2.24) is 10.6 Å². The van der Waals surface area contributed by atoms with Crippen LogP contribution in [0.5, 0.6) is 0 Å². The molecule has 2 unspecified atom stereocenters. The Morgan fingerprint density at radius 2 is 1.95 bits per heavy atom. The highest BCUT2D eigenvalue weighted by molar-refractivity contribution is 5.76. The minimum atomic E-state index is -0.888. The highest BCUT2D eigenvalue weighted by atomic mass is 16.5. The predicted molar refractivity (Wildman–Crippen MR) is 75.6 cm³/mol. The fraction of sp³-hybridized carbons (Fsp3) is 0.857. The topological polar surface area (TPSA) is 87.7 Å². The number of carbonyl (C=O) groups is 2. The molecule has 2 atom stereocenters. The van der Waals surface area contributed by atoms with E-state index in [1.165, 1.54) is 0 Å². The third-order valence-corrected chi connectivity index (χ3v) is 3.73. The first-order valence-corrected chi connectivity index (χ1v) is 7.39. The van der Waals surface area contributed by atoms with Gasteiger partial charge in [0.05, 0.1) is 6.42 Å². The minimum Gasteiger partial charge on any atom is -0.481 e. The molecule has 6 nitrogen and oxygen atoms in total. The maximum absolute atomic E-state index is 11.9. The van der Waals surface area contributed by atoms with Gasteiger partial charge in [0.25, 0.3) is 0 Å². The number of carbonyl (C=O) groups excluding carboxylic acids is 1. The van der Waals surface area contributed by atoms with Crippen molar-refractivity contribution < 1.29 is 19.4 Å². The Hall–Kier alpha value is -1.30. The van der Waals surface area contributed by atoms with E-state index in [1.54, 1.807) is 0 Å². The molecule has 0 aliphatic carbocycles. The predicted octanol–water partition coefficient (Wildman–Crippen LogP) is 1.74. The monoisotopic (exact) mass is 286 g/mol. The van der Waals surface area contributed by atoms with Crippen LogP contribution in [0.15, 0.2) is 0 Å². The van der Waals surface area contributed by atoms with Gasteiger partial charge in [0, 0.05) is 25.3 Å². The lowest BCUT2D eigenvalue weighted by Gasteiger charge is -2.29. The third kappa shape index (κ3) is 6.23.